The maximum absolute atomic E-state index is 12.3. The molecule has 1 spiro atoms. The Bertz CT molecular complexity index is 681. The van der Waals surface area contributed by atoms with E-state index in [9.17, 15) is 15.2 Å². The third-order valence-corrected chi connectivity index (χ3v) is 5.60. The first-order valence-corrected chi connectivity index (χ1v) is 8.61. The summed E-state index contributed by atoms with van der Waals surface area (Å²) in [5.74, 6) is -0.303. The Morgan fingerprint density at radius 1 is 1.54 bits per heavy atom. The largest absolute Gasteiger partial charge is 0.392 e. The monoisotopic (exact) mass is 328 g/mol. The number of amides is 1. The van der Waals surface area contributed by atoms with Crippen molar-refractivity contribution in [2.75, 3.05) is 6.54 Å². The number of hydrogen-bond acceptors (Lipinski definition) is 4. The van der Waals surface area contributed by atoms with Crippen LogP contribution in [0.15, 0.2) is 18.0 Å². The number of rotatable bonds is 4. The number of aliphatic hydroxyl groups is 1. The number of aryl methyl sites for hydroxylation is 1. The van der Waals surface area contributed by atoms with E-state index in [0.717, 1.165) is 37.7 Å². The number of nitriles is 1. The van der Waals surface area contributed by atoms with Crippen LogP contribution in [0, 0.1) is 22.7 Å². The van der Waals surface area contributed by atoms with Crippen molar-refractivity contribution in [2.24, 2.45) is 18.4 Å². The third-order valence-electron chi connectivity index (χ3n) is 5.60. The molecule has 0 bridgehead atoms. The highest BCUT2D eigenvalue weighted by Gasteiger charge is 2.48. The van der Waals surface area contributed by atoms with E-state index in [-0.39, 0.29) is 28.9 Å². The summed E-state index contributed by atoms with van der Waals surface area (Å²) >= 11 is 0. The van der Waals surface area contributed by atoms with Crippen LogP contribution in [0.4, 0.5) is 0 Å². The SMILES string of the molecule is Cn1cc(/C=C(\C#N)C(=O)NCC2CCCC3(CCC3)C2O)cn1. The molecule has 1 aromatic rings. The van der Waals surface area contributed by atoms with E-state index >= 15 is 0 Å². The predicted molar refractivity (Wildman–Crippen MR) is 89.4 cm³/mol. The molecule has 3 rings (SSSR count). The summed E-state index contributed by atoms with van der Waals surface area (Å²) in [6, 6.07) is 1.95. The summed E-state index contributed by atoms with van der Waals surface area (Å²) in [5.41, 5.74) is 0.874. The van der Waals surface area contributed by atoms with Gasteiger partial charge in [0.15, 0.2) is 0 Å². The summed E-state index contributed by atoms with van der Waals surface area (Å²) in [6.45, 7) is 0.424. The number of aromatic nitrogens is 2. The molecule has 128 valence electrons. The third kappa shape index (κ3) is 3.22. The second-order valence-electron chi connectivity index (χ2n) is 7.14. The molecule has 2 aliphatic carbocycles. The topological polar surface area (TPSA) is 90.9 Å². The van der Waals surface area contributed by atoms with Gasteiger partial charge >= 0.3 is 0 Å². The van der Waals surface area contributed by atoms with Gasteiger partial charge in [0.25, 0.3) is 5.91 Å². The van der Waals surface area contributed by atoms with Gasteiger partial charge in [0, 0.05) is 31.3 Å². The molecule has 0 aromatic carbocycles. The quantitative estimate of drug-likeness (QED) is 0.651. The van der Waals surface area contributed by atoms with Crippen LogP contribution >= 0.6 is 0 Å². The van der Waals surface area contributed by atoms with E-state index in [4.69, 9.17) is 0 Å². The van der Waals surface area contributed by atoms with Crippen LogP contribution in [0.25, 0.3) is 6.08 Å². The molecule has 0 radical (unpaired) electrons. The van der Waals surface area contributed by atoms with Crippen molar-refractivity contribution >= 4 is 12.0 Å². The molecule has 0 saturated heterocycles. The minimum Gasteiger partial charge on any atom is -0.392 e. The van der Waals surface area contributed by atoms with E-state index in [1.54, 1.807) is 24.1 Å². The van der Waals surface area contributed by atoms with Gasteiger partial charge in [-0.1, -0.05) is 12.8 Å². The Morgan fingerprint density at radius 2 is 2.29 bits per heavy atom. The predicted octanol–water partition coefficient (Wildman–Crippen LogP) is 1.77. The van der Waals surface area contributed by atoms with E-state index in [1.165, 1.54) is 12.5 Å². The molecule has 2 aliphatic rings. The highest BCUT2D eigenvalue weighted by Crippen LogP contribution is 2.53. The van der Waals surface area contributed by atoms with Crippen LogP contribution in [-0.4, -0.2) is 33.4 Å². The van der Waals surface area contributed by atoms with Crippen molar-refractivity contribution in [1.82, 2.24) is 15.1 Å². The van der Waals surface area contributed by atoms with Crippen molar-refractivity contribution < 1.29 is 9.90 Å². The molecule has 2 atom stereocenters. The van der Waals surface area contributed by atoms with Crippen molar-refractivity contribution in [1.29, 1.82) is 5.26 Å². The maximum Gasteiger partial charge on any atom is 0.261 e. The van der Waals surface area contributed by atoms with Gasteiger partial charge in [0.05, 0.1) is 12.3 Å². The van der Waals surface area contributed by atoms with Gasteiger partial charge < -0.3 is 10.4 Å². The second kappa shape index (κ2) is 6.78. The maximum atomic E-state index is 12.3. The van der Waals surface area contributed by atoms with Crippen LogP contribution in [0.2, 0.25) is 0 Å². The minimum absolute atomic E-state index is 0.0617. The van der Waals surface area contributed by atoms with Crippen LogP contribution < -0.4 is 5.32 Å². The fourth-order valence-electron chi connectivity index (χ4n) is 4.06. The van der Waals surface area contributed by atoms with Crippen LogP contribution in [0.5, 0.6) is 0 Å². The Balaban J connectivity index is 1.60. The number of carbonyl (C=O) groups excluding carboxylic acids is 1. The molecule has 1 aromatic heterocycles. The summed E-state index contributed by atoms with van der Waals surface area (Å²) in [5, 5.41) is 26.7. The zero-order valence-corrected chi connectivity index (χ0v) is 14.0. The summed E-state index contributed by atoms with van der Waals surface area (Å²) in [4.78, 5) is 12.3. The molecule has 24 heavy (non-hydrogen) atoms. The molecule has 2 saturated carbocycles. The van der Waals surface area contributed by atoms with Crippen molar-refractivity contribution in [3.63, 3.8) is 0 Å². The van der Waals surface area contributed by atoms with E-state index in [2.05, 4.69) is 10.4 Å². The number of nitrogens with one attached hydrogen (secondary N) is 1. The Hall–Kier alpha value is -2.13. The average molecular weight is 328 g/mol. The lowest BCUT2D eigenvalue weighted by Crippen LogP contribution is -2.51. The van der Waals surface area contributed by atoms with Crippen LogP contribution in [0.1, 0.15) is 44.1 Å². The standard InChI is InChI=1S/C18H24N4O2/c1-22-12-13(10-21-22)8-15(9-19)17(24)20-11-14-4-2-5-18(16(14)23)6-3-7-18/h8,10,12,14,16,23H,2-7,11H2,1H3,(H,20,24)/b15-8+. The van der Waals surface area contributed by atoms with Crippen molar-refractivity contribution in [3.05, 3.63) is 23.5 Å². The molecule has 1 heterocycles. The highest BCUT2D eigenvalue weighted by atomic mass is 16.3. The van der Waals surface area contributed by atoms with Gasteiger partial charge in [0.2, 0.25) is 0 Å². The summed E-state index contributed by atoms with van der Waals surface area (Å²) in [6.07, 6.45) is 11.1. The van der Waals surface area contributed by atoms with Crippen molar-refractivity contribution in [3.8, 4) is 6.07 Å². The number of hydrogen-bond donors (Lipinski definition) is 2. The fourth-order valence-corrected chi connectivity index (χ4v) is 4.06. The van der Waals surface area contributed by atoms with Crippen LogP contribution in [-0.2, 0) is 11.8 Å². The molecule has 2 fully saturated rings. The summed E-state index contributed by atoms with van der Waals surface area (Å²) < 4.78 is 1.62. The Kier molecular flexibility index (Phi) is 4.72. The van der Waals surface area contributed by atoms with E-state index in [0.29, 0.717) is 6.54 Å². The smallest absolute Gasteiger partial charge is 0.261 e. The molecular formula is C18H24N4O2. The second-order valence-corrected chi connectivity index (χ2v) is 7.14. The average Bonchev–Trinajstić information content (AvgIpc) is 2.95. The van der Waals surface area contributed by atoms with Gasteiger partial charge in [-0.05, 0) is 37.2 Å². The first kappa shape index (κ1) is 16.7. The van der Waals surface area contributed by atoms with Gasteiger partial charge in [-0.15, -0.1) is 0 Å². The van der Waals surface area contributed by atoms with Gasteiger partial charge in [-0.3, -0.25) is 9.48 Å². The Morgan fingerprint density at radius 3 is 2.88 bits per heavy atom. The normalized spacial score (nSPS) is 25.8. The molecule has 1 amide bonds. The zero-order chi connectivity index (χ0) is 17.2. The molecule has 2 N–H and O–H groups in total. The van der Waals surface area contributed by atoms with E-state index in [1.807, 2.05) is 6.07 Å². The lowest BCUT2D eigenvalue weighted by Gasteiger charge is -2.51. The van der Waals surface area contributed by atoms with Gasteiger partial charge in [0.1, 0.15) is 11.6 Å². The van der Waals surface area contributed by atoms with Crippen LogP contribution in [0.3, 0.4) is 0 Å². The number of nitrogens with zero attached hydrogens (tertiary/aromatic N) is 3. The lowest BCUT2D eigenvalue weighted by atomic mass is 9.56. The van der Waals surface area contributed by atoms with E-state index < -0.39 is 0 Å². The Labute approximate surface area is 142 Å². The molecule has 6 heteroatoms. The van der Waals surface area contributed by atoms with Gasteiger partial charge in [-0.2, -0.15) is 10.4 Å². The lowest BCUT2D eigenvalue weighted by molar-refractivity contribution is -0.119. The molecule has 0 aliphatic heterocycles. The highest BCUT2D eigenvalue weighted by molar-refractivity contribution is 6.01. The number of aliphatic hydroxyl groups excluding tert-OH is 1. The first-order valence-electron chi connectivity index (χ1n) is 8.61. The molecule has 2 unspecified atom stereocenters. The summed E-state index contributed by atoms with van der Waals surface area (Å²) in [7, 11) is 1.78. The first-order chi connectivity index (χ1) is 11.5. The number of carbonyl (C=O) groups is 1. The minimum atomic E-state index is -0.387. The van der Waals surface area contributed by atoms with Crippen molar-refractivity contribution in [2.45, 2.75) is 44.6 Å². The fraction of sp³-hybridized carbons (Fsp3) is 0.611. The molecular weight excluding hydrogens is 304 g/mol. The molecule has 6 nitrogen and oxygen atoms in total. The zero-order valence-electron chi connectivity index (χ0n) is 14.0. The van der Waals surface area contributed by atoms with Gasteiger partial charge in [-0.25, -0.2) is 0 Å².